The Morgan fingerprint density at radius 2 is 0.857 bits per heavy atom. The second-order valence-electron chi connectivity index (χ2n) is 0.600. The molecule has 0 rings (SSSR count). The molecule has 0 saturated heterocycles. The van der Waals surface area contributed by atoms with Gasteiger partial charge in [-0.25, -0.2) is 0 Å². The molecule has 0 spiro atoms. The average molecular weight is 154 g/mol. The van der Waals surface area contributed by atoms with E-state index in [1.54, 1.807) is 0 Å². The van der Waals surface area contributed by atoms with E-state index >= 15 is 0 Å². The molecule has 0 heterocycles. The molecule has 0 fully saturated rings. The largest absolute Gasteiger partial charge is 0.668 e. The predicted octanol–water partition coefficient (Wildman–Crippen LogP) is -3.81. The molecule has 6 N–H and O–H groups in total. The fourth-order valence-electron chi connectivity index (χ4n) is 0. The van der Waals surface area contributed by atoms with Gasteiger partial charge in [0.05, 0.1) is 0 Å². The molecule has 2 radical (unpaired) electrons. The molecule has 0 unspecified atom stereocenters. The van der Waals surface area contributed by atoms with Gasteiger partial charge in [0, 0.05) is 37.7 Å². The second kappa shape index (κ2) is 5.41. The molecular formula is H6CaO5Si. The van der Waals surface area contributed by atoms with Gasteiger partial charge in [-0.15, -0.1) is 0 Å². The summed E-state index contributed by atoms with van der Waals surface area (Å²) in [4.78, 5) is 29.3. The van der Waals surface area contributed by atoms with Crippen molar-refractivity contribution in [3.63, 3.8) is 0 Å². The van der Waals surface area contributed by atoms with Crippen LogP contribution in [0.4, 0.5) is 0 Å². The summed E-state index contributed by atoms with van der Waals surface area (Å²) >= 11 is 0. The normalized spacial score (nSPS) is 8.57. The summed E-state index contributed by atoms with van der Waals surface area (Å²) in [6.45, 7) is 0. The molecule has 7 heavy (non-hydrogen) atoms. The second-order valence-corrected chi connectivity index (χ2v) is 1.80. The fourth-order valence-corrected chi connectivity index (χ4v) is 0. The van der Waals surface area contributed by atoms with Crippen LogP contribution in [0, 0.1) is 0 Å². The molecule has 0 aromatic carbocycles. The molecule has 0 saturated carbocycles. The zero-order valence-electron chi connectivity index (χ0n) is 3.50. The SMILES string of the molecule is O.O[Si](O)(O)O.[Ca]. The van der Waals surface area contributed by atoms with Crippen molar-refractivity contribution in [3.05, 3.63) is 0 Å². The van der Waals surface area contributed by atoms with Gasteiger partial charge in [-0.2, -0.15) is 0 Å². The third kappa shape index (κ3) is 124. The third-order valence-corrected chi connectivity index (χ3v) is 0. The first kappa shape index (κ1) is 15.7. The predicted molar refractivity (Wildman–Crippen MR) is 24.0 cm³/mol. The molecule has 0 aliphatic carbocycles. The molecular weight excluding hydrogens is 148 g/mol. The molecule has 0 atom stereocenters. The van der Waals surface area contributed by atoms with Gasteiger partial charge < -0.3 is 24.7 Å². The Labute approximate surface area is 71.0 Å². The van der Waals surface area contributed by atoms with Crippen molar-refractivity contribution in [1.29, 1.82) is 0 Å². The molecule has 0 amide bonds. The van der Waals surface area contributed by atoms with E-state index in [2.05, 4.69) is 0 Å². The Kier molecular flexibility index (Phi) is 12.2. The van der Waals surface area contributed by atoms with Crippen LogP contribution in [0.15, 0.2) is 0 Å². The third-order valence-electron chi connectivity index (χ3n) is 0. The summed E-state index contributed by atoms with van der Waals surface area (Å²) in [6.07, 6.45) is 0. The van der Waals surface area contributed by atoms with E-state index in [-0.39, 0.29) is 43.2 Å². The molecule has 0 aliphatic rings. The minimum Gasteiger partial charge on any atom is -0.412 e. The zero-order valence-corrected chi connectivity index (χ0v) is 6.70. The Hall–Kier alpha value is 1.28. The van der Waals surface area contributed by atoms with Crippen LogP contribution >= 0.6 is 0 Å². The number of hydrogen-bond donors (Lipinski definition) is 4. The van der Waals surface area contributed by atoms with Crippen LogP contribution in [-0.2, 0) is 0 Å². The van der Waals surface area contributed by atoms with Crippen molar-refractivity contribution in [2.24, 2.45) is 0 Å². The Morgan fingerprint density at radius 3 is 0.857 bits per heavy atom. The van der Waals surface area contributed by atoms with Crippen LogP contribution < -0.4 is 0 Å². The van der Waals surface area contributed by atoms with Crippen molar-refractivity contribution in [2.45, 2.75) is 0 Å². The van der Waals surface area contributed by atoms with Crippen molar-refractivity contribution in [2.75, 3.05) is 0 Å². The summed E-state index contributed by atoms with van der Waals surface area (Å²) in [5.74, 6) is 0. The number of hydrogen-bond acceptors (Lipinski definition) is 4. The van der Waals surface area contributed by atoms with E-state index in [1.165, 1.54) is 0 Å². The Balaban J connectivity index is -0.0000000800. The molecule has 0 bridgehead atoms. The van der Waals surface area contributed by atoms with Crippen molar-refractivity contribution in [1.82, 2.24) is 0 Å². The molecule has 7 heteroatoms. The summed E-state index contributed by atoms with van der Waals surface area (Å²) in [5.41, 5.74) is 0. The van der Waals surface area contributed by atoms with Crippen LogP contribution in [0.25, 0.3) is 0 Å². The standard InChI is InChI=1S/Ca.H4O4Si.H2O/c;1-5(2,3)4;/h;1-4H;1H2. The summed E-state index contributed by atoms with van der Waals surface area (Å²) in [6, 6.07) is 0. The first-order chi connectivity index (χ1) is 2.00. The van der Waals surface area contributed by atoms with Gasteiger partial charge in [0.25, 0.3) is 0 Å². The molecule has 0 aromatic rings. The maximum absolute atomic E-state index is 7.33. The van der Waals surface area contributed by atoms with Crippen LogP contribution in [-0.4, -0.2) is 71.4 Å². The maximum Gasteiger partial charge on any atom is 0.668 e. The van der Waals surface area contributed by atoms with E-state index in [9.17, 15) is 0 Å². The number of rotatable bonds is 0. The topological polar surface area (TPSA) is 112 Å². The molecule has 5 nitrogen and oxygen atoms in total. The summed E-state index contributed by atoms with van der Waals surface area (Å²) < 4.78 is 0. The monoisotopic (exact) mass is 154 g/mol. The zero-order chi connectivity index (χ0) is 4.50. The van der Waals surface area contributed by atoms with Crippen molar-refractivity contribution >= 4 is 46.8 Å². The molecule has 0 aliphatic heterocycles. The van der Waals surface area contributed by atoms with E-state index < -0.39 is 9.05 Å². The minimum absolute atomic E-state index is 0. The van der Waals surface area contributed by atoms with E-state index in [4.69, 9.17) is 19.2 Å². The smallest absolute Gasteiger partial charge is 0.412 e. The van der Waals surface area contributed by atoms with Crippen LogP contribution in [0.1, 0.15) is 0 Å². The van der Waals surface area contributed by atoms with Gasteiger partial charge in [-0.3, -0.25) is 0 Å². The average Bonchev–Trinajstić information content (AvgIpc) is 0.722. The van der Waals surface area contributed by atoms with Gasteiger partial charge in [0.2, 0.25) is 0 Å². The van der Waals surface area contributed by atoms with Gasteiger partial charge in [-0.1, -0.05) is 0 Å². The fraction of sp³-hybridized carbons (Fsp3) is 0. The van der Waals surface area contributed by atoms with E-state index in [0.717, 1.165) is 0 Å². The van der Waals surface area contributed by atoms with Crippen LogP contribution in [0.3, 0.4) is 0 Å². The first-order valence-electron chi connectivity index (χ1n) is 0.894. The van der Waals surface area contributed by atoms with Gasteiger partial charge in [0.1, 0.15) is 0 Å². The van der Waals surface area contributed by atoms with Crippen molar-refractivity contribution in [3.8, 4) is 0 Å². The van der Waals surface area contributed by atoms with Gasteiger partial charge in [-0.05, 0) is 0 Å². The summed E-state index contributed by atoms with van der Waals surface area (Å²) in [7, 11) is -4.61. The quantitative estimate of drug-likeness (QED) is 0.268. The van der Waals surface area contributed by atoms with E-state index in [0.29, 0.717) is 0 Å². The van der Waals surface area contributed by atoms with Gasteiger partial charge >= 0.3 is 9.05 Å². The minimum atomic E-state index is -4.61. The van der Waals surface area contributed by atoms with Gasteiger partial charge in [0.15, 0.2) is 0 Å². The Morgan fingerprint density at radius 1 is 0.857 bits per heavy atom. The van der Waals surface area contributed by atoms with Crippen LogP contribution in [0.5, 0.6) is 0 Å². The van der Waals surface area contributed by atoms with Crippen molar-refractivity contribution < 1.29 is 24.7 Å². The van der Waals surface area contributed by atoms with Crippen LogP contribution in [0.2, 0.25) is 0 Å². The Bertz CT molecular complexity index is 23.6. The maximum atomic E-state index is 7.33. The summed E-state index contributed by atoms with van der Waals surface area (Å²) in [5, 5.41) is 0. The molecule has 0 aromatic heterocycles. The molecule has 42 valence electrons. The van der Waals surface area contributed by atoms with E-state index in [1.807, 2.05) is 0 Å². The first-order valence-corrected chi connectivity index (χ1v) is 2.68.